The van der Waals surface area contributed by atoms with Crippen LogP contribution in [0.3, 0.4) is 0 Å². The third kappa shape index (κ3) is 3.77. The second kappa shape index (κ2) is 6.64. The predicted octanol–water partition coefficient (Wildman–Crippen LogP) is 1.22. The van der Waals surface area contributed by atoms with Crippen molar-refractivity contribution in [1.29, 1.82) is 0 Å². The maximum atomic E-state index is 12.0. The first-order valence-corrected chi connectivity index (χ1v) is 7.20. The molecule has 0 aromatic rings. The normalized spacial score (nSPS) is 35.4. The molecule has 0 spiro atoms. The Hall–Kier alpha value is -0.450. The monoisotopic (exact) mass is 255 g/mol. The fourth-order valence-corrected chi connectivity index (χ4v) is 3.13. The average Bonchev–Trinajstić information content (AvgIpc) is 2.54. The minimum atomic E-state index is -0.0883. The molecule has 1 saturated carbocycles. The minimum absolute atomic E-state index is 0.0689. The van der Waals surface area contributed by atoms with Crippen molar-refractivity contribution in [3.63, 3.8) is 0 Å². The summed E-state index contributed by atoms with van der Waals surface area (Å²) in [5.41, 5.74) is 0. The van der Waals surface area contributed by atoms with Gasteiger partial charge in [-0.25, -0.2) is 0 Å². The van der Waals surface area contributed by atoms with Crippen molar-refractivity contribution < 1.29 is 14.6 Å². The summed E-state index contributed by atoms with van der Waals surface area (Å²) < 4.78 is 5.63. The number of ether oxygens (including phenoxy) is 1. The molecule has 1 heterocycles. The van der Waals surface area contributed by atoms with Gasteiger partial charge < -0.3 is 9.84 Å². The van der Waals surface area contributed by atoms with Gasteiger partial charge in [-0.3, -0.25) is 9.69 Å². The van der Waals surface area contributed by atoms with Crippen LogP contribution >= 0.6 is 0 Å². The van der Waals surface area contributed by atoms with E-state index in [0.29, 0.717) is 5.78 Å². The van der Waals surface area contributed by atoms with Crippen LogP contribution in [0.15, 0.2) is 0 Å². The fraction of sp³-hybridized carbons (Fsp3) is 0.929. The number of hydrogen-bond donors (Lipinski definition) is 1. The molecule has 1 N–H and O–H groups in total. The molecular formula is C14H25NO3. The summed E-state index contributed by atoms with van der Waals surface area (Å²) in [7, 11) is 0. The SMILES string of the molecule is CC1CN(CC2CCCCCC2=O)CC(CO)O1. The smallest absolute Gasteiger partial charge is 0.137 e. The summed E-state index contributed by atoms with van der Waals surface area (Å²) in [4.78, 5) is 14.3. The highest BCUT2D eigenvalue weighted by atomic mass is 16.5. The second-order valence-corrected chi connectivity index (χ2v) is 5.73. The maximum absolute atomic E-state index is 12.0. The zero-order chi connectivity index (χ0) is 13.0. The highest BCUT2D eigenvalue weighted by Gasteiger charge is 2.29. The molecule has 1 aliphatic carbocycles. The van der Waals surface area contributed by atoms with Gasteiger partial charge in [-0.15, -0.1) is 0 Å². The van der Waals surface area contributed by atoms with Crippen LogP contribution in [0.2, 0.25) is 0 Å². The van der Waals surface area contributed by atoms with Gasteiger partial charge in [0.25, 0.3) is 0 Å². The van der Waals surface area contributed by atoms with E-state index in [1.807, 2.05) is 6.92 Å². The fourth-order valence-electron chi connectivity index (χ4n) is 3.13. The lowest BCUT2D eigenvalue weighted by atomic mass is 9.97. The Labute approximate surface area is 109 Å². The zero-order valence-electron chi connectivity index (χ0n) is 11.3. The van der Waals surface area contributed by atoms with E-state index >= 15 is 0 Å². The molecular weight excluding hydrogens is 230 g/mol. The minimum Gasteiger partial charge on any atom is -0.394 e. The molecule has 2 fully saturated rings. The van der Waals surface area contributed by atoms with Gasteiger partial charge >= 0.3 is 0 Å². The van der Waals surface area contributed by atoms with Crippen LogP contribution < -0.4 is 0 Å². The summed E-state index contributed by atoms with van der Waals surface area (Å²) in [6, 6.07) is 0. The first-order chi connectivity index (χ1) is 8.69. The van der Waals surface area contributed by atoms with Crippen LogP contribution in [-0.2, 0) is 9.53 Å². The lowest BCUT2D eigenvalue weighted by Gasteiger charge is -2.37. The number of nitrogens with zero attached hydrogens (tertiary/aromatic N) is 1. The topological polar surface area (TPSA) is 49.8 Å². The first kappa shape index (κ1) is 14.0. The third-order valence-electron chi connectivity index (χ3n) is 4.02. The van der Waals surface area contributed by atoms with Crippen LogP contribution in [0.4, 0.5) is 0 Å². The van der Waals surface area contributed by atoms with Crippen LogP contribution in [0.1, 0.15) is 39.0 Å². The van der Waals surface area contributed by atoms with Gasteiger partial charge in [-0.2, -0.15) is 0 Å². The van der Waals surface area contributed by atoms with Gasteiger partial charge in [0.2, 0.25) is 0 Å². The van der Waals surface area contributed by atoms with E-state index < -0.39 is 0 Å². The van der Waals surface area contributed by atoms with Crippen molar-refractivity contribution in [1.82, 2.24) is 4.90 Å². The molecule has 0 radical (unpaired) electrons. The van der Waals surface area contributed by atoms with E-state index in [4.69, 9.17) is 4.74 Å². The highest BCUT2D eigenvalue weighted by molar-refractivity contribution is 5.81. The first-order valence-electron chi connectivity index (χ1n) is 7.20. The molecule has 0 amide bonds. The van der Waals surface area contributed by atoms with Gasteiger partial charge in [0.05, 0.1) is 18.8 Å². The Bertz CT molecular complexity index is 282. The number of hydrogen-bond acceptors (Lipinski definition) is 4. The van der Waals surface area contributed by atoms with Crippen LogP contribution in [0, 0.1) is 5.92 Å². The van der Waals surface area contributed by atoms with Crippen molar-refractivity contribution >= 4 is 5.78 Å². The Morgan fingerprint density at radius 3 is 2.94 bits per heavy atom. The van der Waals surface area contributed by atoms with Gasteiger partial charge in [0.1, 0.15) is 5.78 Å². The van der Waals surface area contributed by atoms with Crippen LogP contribution in [0.5, 0.6) is 0 Å². The van der Waals surface area contributed by atoms with Crippen LogP contribution in [0.25, 0.3) is 0 Å². The number of aliphatic hydroxyl groups excluding tert-OH is 1. The summed E-state index contributed by atoms with van der Waals surface area (Å²) in [5, 5.41) is 9.21. The number of ketones is 1. The van der Waals surface area contributed by atoms with E-state index in [0.717, 1.165) is 38.9 Å². The number of morpholine rings is 1. The number of Topliss-reactive ketones (excluding diaryl/α,β-unsaturated/α-hetero) is 1. The molecule has 4 nitrogen and oxygen atoms in total. The summed E-state index contributed by atoms with van der Waals surface area (Å²) in [6.45, 7) is 4.58. The third-order valence-corrected chi connectivity index (χ3v) is 4.02. The molecule has 2 rings (SSSR count). The van der Waals surface area contributed by atoms with Crippen molar-refractivity contribution in [2.45, 2.75) is 51.2 Å². The zero-order valence-corrected chi connectivity index (χ0v) is 11.3. The van der Waals surface area contributed by atoms with E-state index in [1.165, 1.54) is 12.8 Å². The van der Waals surface area contributed by atoms with E-state index in [2.05, 4.69) is 4.90 Å². The lowest BCUT2D eigenvalue weighted by Crippen LogP contribution is -2.49. The Morgan fingerprint density at radius 2 is 2.17 bits per heavy atom. The standard InChI is InChI=1S/C14H25NO3/c1-11-7-15(9-13(10-16)18-11)8-12-5-3-2-4-6-14(12)17/h11-13,16H,2-10H2,1H3. The van der Waals surface area contributed by atoms with Crippen molar-refractivity contribution in [2.24, 2.45) is 5.92 Å². The lowest BCUT2D eigenvalue weighted by molar-refractivity contribution is -0.126. The average molecular weight is 255 g/mol. The van der Waals surface area contributed by atoms with Gasteiger partial charge in [0, 0.05) is 32.0 Å². The molecule has 2 aliphatic rings. The summed E-state index contributed by atoms with van der Waals surface area (Å²) in [5.74, 6) is 0.643. The predicted molar refractivity (Wildman–Crippen MR) is 69.4 cm³/mol. The molecule has 1 saturated heterocycles. The van der Waals surface area contributed by atoms with Crippen molar-refractivity contribution in [2.75, 3.05) is 26.2 Å². The second-order valence-electron chi connectivity index (χ2n) is 5.73. The summed E-state index contributed by atoms with van der Waals surface area (Å²) >= 11 is 0. The molecule has 1 aliphatic heterocycles. The van der Waals surface area contributed by atoms with Crippen molar-refractivity contribution in [3.8, 4) is 0 Å². The Kier molecular flexibility index (Phi) is 5.15. The van der Waals surface area contributed by atoms with E-state index in [1.54, 1.807) is 0 Å². The molecule has 4 heteroatoms. The van der Waals surface area contributed by atoms with Crippen LogP contribution in [-0.4, -0.2) is 54.2 Å². The quantitative estimate of drug-likeness (QED) is 0.770. The van der Waals surface area contributed by atoms with Crippen molar-refractivity contribution in [3.05, 3.63) is 0 Å². The molecule has 0 aromatic heterocycles. The van der Waals surface area contributed by atoms with E-state index in [9.17, 15) is 9.90 Å². The Morgan fingerprint density at radius 1 is 1.33 bits per heavy atom. The molecule has 3 unspecified atom stereocenters. The number of aliphatic hydroxyl groups is 1. The molecule has 18 heavy (non-hydrogen) atoms. The molecule has 3 atom stereocenters. The van der Waals surface area contributed by atoms with Gasteiger partial charge in [-0.05, 0) is 19.8 Å². The maximum Gasteiger partial charge on any atom is 0.137 e. The van der Waals surface area contributed by atoms with E-state index in [-0.39, 0.29) is 24.7 Å². The molecule has 104 valence electrons. The Balaban J connectivity index is 1.88. The summed E-state index contributed by atoms with van der Waals surface area (Å²) in [6.07, 6.45) is 5.29. The molecule has 0 bridgehead atoms. The number of rotatable bonds is 3. The molecule has 0 aromatic carbocycles. The van der Waals surface area contributed by atoms with Gasteiger partial charge in [0.15, 0.2) is 0 Å². The highest BCUT2D eigenvalue weighted by Crippen LogP contribution is 2.22. The van der Waals surface area contributed by atoms with Gasteiger partial charge in [-0.1, -0.05) is 12.8 Å². The largest absolute Gasteiger partial charge is 0.394 e. The number of carbonyl (C=O) groups is 1. The number of carbonyl (C=O) groups excluding carboxylic acids is 1.